The number of hydrogen-bond donors (Lipinski definition) is 4. The molecule has 0 saturated carbocycles. The smallest absolute Gasteiger partial charge is 0.473 e. The molecule has 4 heterocycles. The van der Waals surface area contributed by atoms with E-state index in [-0.39, 0.29) is 46.0 Å². The number of alkyl halides is 3. The number of hydrogen-bond acceptors (Lipinski definition) is 19. The van der Waals surface area contributed by atoms with Crippen LogP contribution in [0.5, 0.6) is 0 Å². The van der Waals surface area contributed by atoms with Crippen molar-refractivity contribution in [1.29, 1.82) is 0 Å². The minimum Gasteiger partial charge on any atom is -0.515 e. The first-order chi connectivity index (χ1) is 52.5. The maximum atomic E-state index is 12.9. The number of pyridine rings is 1. The fourth-order valence-electron chi connectivity index (χ4n) is 11.1. The van der Waals surface area contributed by atoms with Crippen LogP contribution in [-0.2, 0) is 75.6 Å². The van der Waals surface area contributed by atoms with E-state index in [9.17, 15) is 55.5 Å². The second kappa shape index (κ2) is 53.0. The van der Waals surface area contributed by atoms with Crippen molar-refractivity contribution < 1.29 is 89.3 Å². The van der Waals surface area contributed by atoms with Gasteiger partial charge in [0.25, 0.3) is 17.8 Å². The summed E-state index contributed by atoms with van der Waals surface area (Å²) in [5.74, 6) is -4.82. The highest BCUT2D eigenvalue weighted by Gasteiger charge is 2.47. The topological polar surface area (TPSA) is 294 Å². The molecule has 29 heteroatoms. The molecular weight excluding hydrogens is 1470 g/mol. The number of hydrazine groups is 1. The highest BCUT2D eigenvalue weighted by atomic mass is 32.2. The predicted octanol–water partition coefficient (Wildman–Crippen LogP) is 16.7. The van der Waals surface area contributed by atoms with Crippen LogP contribution in [0.25, 0.3) is 15.3 Å². The Morgan fingerprint density at radius 1 is 0.725 bits per heavy atom. The number of aromatic nitrogens is 1. The van der Waals surface area contributed by atoms with Crippen LogP contribution in [0.2, 0.25) is 0 Å². The van der Waals surface area contributed by atoms with Gasteiger partial charge in [-0.3, -0.25) is 34.4 Å². The number of benzene rings is 3. The number of halogens is 3. The molecule has 109 heavy (non-hydrogen) atoms. The van der Waals surface area contributed by atoms with Crippen molar-refractivity contribution in [3.05, 3.63) is 196 Å². The maximum absolute atomic E-state index is 12.9. The Balaban J connectivity index is 0.000000303. The molecule has 1 aromatic heterocycles. The third-order valence-corrected chi connectivity index (χ3v) is 20.6. The largest absolute Gasteiger partial charge is 0.515 e. The standard InChI is InChI=1S/C25H36N2O4S2.C22H18F3NO3.C18H29NO4.C10H13NO3.C5H8N2O2S/c1-2-3-4-5-6-7-8-9-10-11-15-31-24(30)19-13-12-14-20(18-19)27-23(29)21(22(28)26-27)25-32-16-17-33-25;23-22(24,25)21(29)26-13-18-19(27)16(11-14-7-3-1-4-8-14)17(20(18)28)12-15-9-5-2-6-10-15;1-3-4-5-6-7-8-9-10-11-12-13-21-17(20)16(19-2)18-22-14-15-23-18;1-2-13-14-8-9(7-12)10-5-3-4-6-11-10;1-5(6-2)4-7-10(3,8)9/h12-14,18,21,25H,2-11,15-17H2,1H3,(H,26,28);1-10,13,16-17,27H,11-12H2;3-15H2,1H3;3-7,12H,2,8H2,1H3;4,7H,1,3H3/b;;;9-7+;5-4+. The molecule has 3 amide bonds. The Bertz CT molecular complexity index is 3800. The lowest BCUT2D eigenvalue weighted by atomic mass is 9.84. The van der Waals surface area contributed by atoms with E-state index in [1.54, 1.807) is 60.1 Å². The van der Waals surface area contributed by atoms with Gasteiger partial charge in [-0.1, -0.05) is 202 Å². The zero-order chi connectivity index (χ0) is 79.7. The predicted molar refractivity (Wildman–Crippen MR) is 417 cm³/mol. The molecule has 4 N–H and O–H groups in total. The summed E-state index contributed by atoms with van der Waals surface area (Å²) < 4.78 is 80.8. The van der Waals surface area contributed by atoms with Gasteiger partial charge in [-0.25, -0.2) is 42.7 Å². The summed E-state index contributed by atoms with van der Waals surface area (Å²) in [6.07, 6.45) is 25.4. The van der Waals surface area contributed by atoms with E-state index in [1.165, 1.54) is 115 Å². The third kappa shape index (κ3) is 35.9. The Hall–Kier alpha value is -9.00. The van der Waals surface area contributed by atoms with Gasteiger partial charge in [-0.05, 0) is 81.0 Å². The summed E-state index contributed by atoms with van der Waals surface area (Å²) >= 11 is 3.31. The Kier molecular flexibility index (Phi) is 44.9. The average molecular weight is 1570 g/mol. The number of sulfonamides is 1. The number of esters is 2. The summed E-state index contributed by atoms with van der Waals surface area (Å²) in [6.45, 7) is 23.4. The minimum absolute atomic E-state index is 0.00748. The molecule has 3 aromatic carbocycles. The Labute approximate surface area is 647 Å². The first-order valence-corrected chi connectivity index (χ1v) is 40.9. The molecule has 23 nitrogen and oxygen atoms in total. The van der Waals surface area contributed by atoms with E-state index in [4.69, 9.17) is 47.0 Å². The SMILES string of the molecule is CCCCCCCCCCCCOC(=O)c1cccc(N2NC(=O)C(C3SCCS3)C2=O)c1.CCOOC/C(=C\O)c1ccccn1.O=C1C(C=NC(=O)C(F)(F)F)=C(O)C(Cc2ccccc2)C1Cc1ccccc1.[C-]#[N+]/C(C)=C/NS(C)(=O)=O.[C-]#[N+]C(C(=O)OCCCCCCCCCCCC)=C1OCCO1. The van der Waals surface area contributed by atoms with Crippen LogP contribution in [0.4, 0.5) is 18.9 Å². The van der Waals surface area contributed by atoms with E-state index in [1.807, 2.05) is 79.7 Å². The Morgan fingerprint density at radius 2 is 1.26 bits per heavy atom. The zero-order valence-corrected chi connectivity index (χ0v) is 65.3. The van der Waals surface area contributed by atoms with Crippen molar-refractivity contribution in [2.45, 2.75) is 180 Å². The van der Waals surface area contributed by atoms with Crippen LogP contribution >= 0.6 is 23.5 Å². The van der Waals surface area contributed by atoms with E-state index in [0.717, 1.165) is 67.0 Å². The Morgan fingerprint density at radius 3 is 1.75 bits per heavy atom. The highest BCUT2D eigenvalue weighted by Crippen LogP contribution is 2.41. The number of carbonyl (C=O) groups is 6. The number of aliphatic hydroxyl groups is 2. The first kappa shape index (κ1) is 92.4. The van der Waals surface area contributed by atoms with Crippen molar-refractivity contribution >= 4 is 86.5 Å². The maximum Gasteiger partial charge on any atom is 0.473 e. The van der Waals surface area contributed by atoms with Crippen molar-refractivity contribution in [2.75, 3.05) is 62.4 Å². The van der Waals surface area contributed by atoms with Crippen LogP contribution in [-0.4, -0.2) is 133 Å². The summed E-state index contributed by atoms with van der Waals surface area (Å²) in [4.78, 5) is 96.0. The van der Waals surface area contributed by atoms with Gasteiger partial charge in [0, 0.05) is 47.5 Å². The molecule has 8 rings (SSSR count). The van der Waals surface area contributed by atoms with Crippen molar-refractivity contribution in [1.82, 2.24) is 15.1 Å². The van der Waals surface area contributed by atoms with Crippen molar-refractivity contribution in [3.8, 4) is 0 Å². The number of nitrogens with one attached hydrogen (secondary N) is 2. The van der Waals surface area contributed by atoms with Crippen molar-refractivity contribution in [2.24, 2.45) is 22.7 Å². The number of amides is 3. The lowest BCUT2D eigenvalue weighted by Gasteiger charge is -2.19. The van der Waals surface area contributed by atoms with Gasteiger partial charge in [0.2, 0.25) is 10.0 Å². The number of rotatable bonds is 38. The number of unbranched alkanes of at least 4 members (excludes halogenated alkanes) is 18. The number of thioether (sulfide) groups is 2. The molecule has 4 aliphatic rings. The number of aliphatic imine (C=N–C) groups is 1. The van der Waals surface area contributed by atoms with Gasteiger partial charge in [0.05, 0.1) is 72.6 Å². The molecule has 3 saturated heterocycles. The average Bonchev–Trinajstić information content (AvgIpc) is 1.63. The summed E-state index contributed by atoms with van der Waals surface area (Å²) in [7, 11) is -3.20. The number of anilines is 1. The zero-order valence-electron chi connectivity index (χ0n) is 62.9. The number of ketones is 1. The number of allylic oxidation sites excluding steroid dienone is 3. The summed E-state index contributed by atoms with van der Waals surface area (Å²) in [5.41, 5.74) is 6.31. The summed E-state index contributed by atoms with van der Waals surface area (Å²) in [5, 5.41) is 20.8. The van der Waals surface area contributed by atoms with E-state index in [0.29, 0.717) is 80.3 Å². The second-order valence-electron chi connectivity index (χ2n) is 25.5. The molecule has 594 valence electrons. The molecule has 3 unspecified atom stereocenters. The lowest BCUT2D eigenvalue weighted by Crippen LogP contribution is -2.36. The van der Waals surface area contributed by atoms with Crippen LogP contribution in [0, 0.1) is 30.9 Å². The molecule has 3 atom stereocenters. The summed E-state index contributed by atoms with van der Waals surface area (Å²) in [6, 6.07) is 30.4. The van der Waals surface area contributed by atoms with Gasteiger partial charge < -0.3 is 33.9 Å². The fourth-order valence-corrected chi connectivity index (χ4v) is 14.6. The molecule has 0 bridgehead atoms. The fraction of sp³-hybridized carbons (Fsp3) is 0.500. The van der Waals surface area contributed by atoms with E-state index >= 15 is 0 Å². The molecule has 4 aromatic rings. The quantitative estimate of drug-likeness (QED) is 0.00373. The van der Waals surface area contributed by atoms with Crippen LogP contribution in [0.1, 0.15) is 183 Å². The van der Waals surface area contributed by atoms with Gasteiger partial charge in [0.1, 0.15) is 31.5 Å². The van der Waals surface area contributed by atoms with Crippen LogP contribution in [0.3, 0.4) is 0 Å². The molecule has 1 aliphatic carbocycles. The molecule has 3 aliphatic heterocycles. The number of carbonyl (C=O) groups excluding carboxylic acids is 6. The molecule has 0 spiro atoms. The minimum atomic E-state index is -5.14. The molecular formula is C80H104F3N7O16S3. The van der Waals surface area contributed by atoms with E-state index in [2.05, 4.69) is 43.7 Å². The van der Waals surface area contributed by atoms with Gasteiger partial charge >= 0.3 is 29.7 Å². The first-order valence-electron chi connectivity index (χ1n) is 36.9. The second-order valence-corrected chi connectivity index (χ2v) is 30.1. The van der Waals surface area contributed by atoms with E-state index < -0.39 is 57.6 Å². The van der Waals surface area contributed by atoms with Crippen LogP contribution in [0.15, 0.2) is 155 Å². The number of nitrogens with zero attached hydrogens (tertiary/aromatic N) is 5. The van der Waals surface area contributed by atoms with Gasteiger partial charge in [-0.15, -0.1) is 23.5 Å². The highest BCUT2D eigenvalue weighted by molar-refractivity contribution is 8.20. The van der Waals surface area contributed by atoms with Gasteiger partial charge in [-0.2, -0.15) is 13.2 Å². The van der Waals surface area contributed by atoms with Gasteiger partial charge in [0.15, 0.2) is 11.5 Å². The monoisotopic (exact) mass is 1570 g/mol. The van der Waals surface area contributed by atoms with Crippen LogP contribution < -0.4 is 15.2 Å². The third-order valence-electron chi connectivity index (χ3n) is 16.8. The lowest BCUT2D eigenvalue weighted by molar-refractivity contribution is -0.281. The molecule has 3 fully saturated rings. The normalized spacial score (nSPS) is 16.3. The number of aliphatic hydroxyl groups excluding tert-OH is 2. The number of Topliss-reactive ketones (excluding diaryl/α,β-unsaturated/α-hetero) is 1. The van der Waals surface area contributed by atoms with Crippen molar-refractivity contribution in [3.63, 3.8) is 0 Å². The number of ether oxygens (including phenoxy) is 4. The molecule has 0 radical (unpaired) electrons.